The largest absolute Gasteiger partial charge is 0.454 e. The van der Waals surface area contributed by atoms with Crippen molar-refractivity contribution in [2.75, 3.05) is 5.32 Å². The minimum Gasteiger partial charge on any atom is -0.454 e. The first-order chi connectivity index (χ1) is 9.40. The molecular formula is C13H8F3IN2O. The highest BCUT2D eigenvalue weighted by Gasteiger charge is 2.31. The Morgan fingerprint density at radius 2 is 2.00 bits per heavy atom. The highest BCUT2D eigenvalue weighted by atomic mass is 127. The molecule has 3 nitrogen and oxygen atoms in total. The summed E-state index contributed by atoms with van der Waals surface area (Å²) >= 11 is 2.01. The third kappa shape index (κ3) is 3.45. The van der Waals surface area contributed by atoms with Gasteiger partial charge in [-0.15, -0.1) is 0 Å². The van der Waals surface area contributed by atoms with Gasteiger partial charge in [-0.1, -0.05) is 0 Å². The molecule has 0 radical (unpaired) electrons. The number of nitriles is 1. The molecule has 0 saturated carbocycles. The molecule has 1 N–H and O–H groups in total. The minimum atomic E-state index is -4.46. The molecule has 0 aliphatic rings. The number of benzene rings is 1. The molecule has 20 heavy (non-hydrogen) atoms. The monoisotopic (exact) mass is 392 g/mol. The van der Waals surface area contributed by atoms with E-state index in [1.54, 1.807) is 18.2 Å². The Labute approximate surface area is 126 Å². The maximum Gasteiger partial charge on any atom is 0.416 e. The molecule has 0 bridgehead atoms. The number of anilines is 1. The molecule has 2 rings (SSSR count). The van der Waals surface area contributed by atoms with E-state index < -0.39 is 11.7 Å². The van der Waals surface area contributed by atoms with E-state index >= 15 is 0 Å². The highest BCUT2D eigenvalue weighted by Crippen LogP contribution is 2.31. The van der Waals surface area contributed by atoms with Crippen molar-refractivity contribution in [3.8, 4) is 6.07 Å². The van der Waals surface area contributed by atoms with Crippen LogP contribution < -0.4 is 5.32 Å². The molecule has 1 heterocycles. The van der Waals surface area contributed by atoms with Crippen molar-refractivity contribution in [3.05, 3.63) is 51.0 Å². The van der Waals surface area contributed by atoms with Crippen LogP contribution in [0.4, 0.5) is 18.9 Å². The van der Waals surface area contributed by atoms with E-state index in [9.17, 15) is 13.2 Å². The maximum atomic E-state index is 12.5. The van der Waals surface area contributed by atoms with Gasteiger partial charge in [-0.2, -0.15) is 18.4 Å². The van der Waals surface area contributed by atoms with E-state index in [0.717, 1.165) is 12.1 Å². The van der Waals surface area contributed by atoms with E-state index in [1.165, 1.54) is 6.07 Å². The molecule has 0 amide bonds. The topological polar surface area (TPSA) is 49.0 Å². The Morgan fingerprint density at radius 3 is 2.55 bits per heavy atom. The van der Waals surface area contributed by atoms with Crippen LogP contribution in [-0.4, -0.2) is 0 Å². The van der Waals surface area contributed by atoms with E-state index in [1.807, 2.05) is 22.6 Å². The summed E-state index contributed by atoms with van der Waals surface area (Å²) in [6.07, 6.45) is -4.46. The third-order valence-corrected chi connectivity index (χ3v) is 3.13. The van der Waals surface area contributed by atoms with Crippen molar-refractivity contribution in [1.82, 2.24) is 0 Å². The van der Waals surface area contributed by atoms with Crippen LogP contribution in [0, 0.1) is 15.1 Å². The number of rotatable bonds is 3. The van der Waals surface area contributed by atoms with Crippen LogP contribution in [0.3, 0.4) is 0 Å². The van der Waals surface area contributed by atoms with Crippen molar-refractivity contribution < 1.29 is 17.6 Å². The molecule has 0 aliphatic carbocycles. The van der Waals surface area contributed by atoms with Crippen LogP contribution in [0.5, 0.6) is 0 Å². The molecule has 1 aromatic heterocycles. The summed E-state index contributed by atoms with van der Waals surface area (Å²) in [4.78, 5) is 0. The fourth-order valence-electron chi connectivity index (χ4n) is 1.60. The van der Waals surface area contributed by atoms with Gasteiger partial charge in [0.1, 0.15) is 11.8 Å². The third-order valence-electron chi connectivity index (χ3n) is 2.55. The summed E-state index contributed by atoms with van der Waals surface area (Å²) in [6, 6.07) is 8.30. The lowest BCUT2D eigenvalue weighted by atomic mass is 10.1. The van der Waals surface area contributed by atoms with Crippen LogP contribution in [0.1, 0.15) is 16.9 Å². The lowest BCUT2D eigenvalue weighted by Gasteiger charge is -2.10. The van der Waals surface area contributed by atoms with E-state index in [-0.39, 0.29) is 5.56 Å². The SMILES string of the molecule is N#Cc1cc(C(F)(F)F)ccc1NCc1ccc(I)o1. The molecule has 1 aromatic carbocycles. The Hall–Kier alpha value is -1.69. The summed E-state index contributed by atoms with van der Waals surface area (Å²) < 4.78 is 43.7. The standard InChI is InChI=1S/C13H8F3IN2O/c14-13(15,16)9-1-3-11(8(5-9)6-18)19-7-10-2-4-12(17)20-10/h1-5,19H,7H2. The molecule has 7 heteroatoms. The van der Waals surface area contributed by atoms with Gasteiger partial charge >= 0.3 is 6.18 Å². The Balaban J connectivity index is 2.18. The number of hydrogen-bond donors (Lipinski definition) is 1. The first-order valence-electron chi connectivity index (χ1n) is 5.49. The average Bonchev–Trinajstić information content (AvgIpc) is 2.81. The molecule has 0 unspecified atom stereocenters. The van der Waals surface area contributed by atoms with Gasteiger partial charge in [0.2, 0.25) is 0 Å². The van der Waals surface area contributed by atoms with Crippen molar-refractivity contribution >= 4 is 28.3 Å². The van der Waals surface area contributed by atoms with Gasteiger partial charge < -0.3 is 9.73 Å². The summed E-state index contributed by atoms with van der Waals surface area (Å²) in [5.41, 5.74) is -0.555. The van der Waals surface area contributed by atoms with Gasteiger partial charge in [0.15, 0.2) is 3.77 Å². The molecule has 2 aromatic rings. The first kappa shape index (κ1) is 14.7. The molecule has 0 atom stereocenters. The predicted octanol–water partition coefficient (Wildman–Crippen LogP) is 4.39. The predicted molar refractivity (Wildman–Crippen MR) is 74.9 cm³/mol. The second-order valence-corrected chi connectivity index (χ2v) is 4.99. The Kier molecular flexibility index (Phi) is 4.23. The number of nitrogens with zero attached hydrogens (tertiary/aromatic N) is 1. The number of halogens is 4. The summed E-state index contributed by atoms with van der Waals surface area (Å²) in [5.74, 6) is 0.637. The molecule has 0 fully saturated rings. The highest BCUT2D eigenvalue weighted by molar-refractivity contribution is 14.1. The molecule has 104 valence electrons. The van der Waals surface area contributed by atoms with Gasteiger partial charge in [0.05, 0.1) is 23.4 Å². The number of furan rings is 1. The Bertz CT molecular complexity index is 658. The number of alkyl halides is 3. The fraction of sp³-hybridized carbons (Fsp3) is 0.154. The quantitative estimate of drug-likeness (QED) is 0.789. The van der Waals surface area contributed by atoms with Gasteiger partial charge in [-0.25, -0.2) is 0 Å². The Morgan fingerprint density at radius 1 is 1.25 bits per heavy atom. The van der Waals surface area contributed by atoms with Crippen LogP contribution in [-0.2, 0) is 12.7 Å². The fourth-order valence-corrected chi connectivity index (χ4v) is 2.06. The molecule has 0 spiro atoms. The van der Waals surface area contributed by atoms with Crippen molar-refractivity contribution in [1.29, 1.82) is 5.26 Å². The first-order valence-corrected chi connectivity index (χ1v) is 6.57. The zero-order chi connectivity index (χ0) is 14.8. The normalized spacial score (nSPS) is 11.2. The minimum absolute atomic E-state index is 0.0546. The van der Waals surface area contributed by atoms with Crippen LogP contribution in [0.15, 0.2) is 34.7 Å². The number of hydrogen-bond acceptors (Lipinski definition) is 3. The average molecular weight is 392 g/mol. The van der Waals surface area contributed by atoms with E-state index in [2.05, 4.69) is 5.32 Å². The van der Waals surface area contributed by atoms with Crippen molar-refractivity contribution in [2.24, 2.45) is 0 Å². The summed E-state index contributed by atoms with van der Waals surface area (Å²) in [7, 11) is 0. The zero-order valence-corrected chi connectivity index (χ0v) is 12.1. The second-order valence-electron chi connectivity index (χ2n) is 3.93. The molecule has 0 saturated heterocycles. The number of nitrogens with one attached hydrogen (secondary N) is 1. The molecular weight excluding hydrogens is 384 g/mol. The van der Waals surface area contributed by atoms with Crippen LogP contribution >= 0.6 is 22.6 Å². The zero-order valence-electron chi connectivity index (χ0n) is 9.96. The van der Waals surface area contributed by atoms with Crippen LogP contribution in [0.25, 0.3) is 0 Å². The smallest absolute Gasteiger partial charge is 0.416 e. The second kappa shape index (κ2) is 5.75. The lowest BCUT2D eigenvalue weighted by Crippen LogP contribution is -2.07. The van der Waals surface area contributed by atoms with Gasteiger partial charge in [0.25, 0.3) is 0 Å². The van der Waals surface area contributed by atoms with Crippen molar-refractivity contribution in [3.63, 3.8) is 0 Å². The van der Waals surface area contributed by atoms with Crippen LogP contribution in [0.2, 0.25) is 0 Å². The van der Waals surface area contributed by atoms with E-state index in [0.29, 0.717) is 21.8 Å². The van der Waals surface area contributed by atoms with Crippen molar-refractivity contribution in [2.45, 2.75) is 12.7 Å². The summed E-state index contributed by atoms with van der Waals surface area (Å²) in [5, 5.41) is 11.8. The van der Waals surface area contributed by atoms with Gasteiger partial charge in [-0.3, -0.25) is 0 Å². The maximum absolute atomic E-state index is 12.5. The van der Waals surface area contributed by atoms with E-state index in [4.69, 9.17) is 9.68 Å². The summed E-state index contributed by atoms with van der Waals surface area (Å²) in [6.45, 7) is 0.295. The van der Waals surface area contributed by atoms with Gasteiger partial charge in [-0.05, 0) is 52.9 Å². The van der Waals surface area contributed by atoms with Gasteiger partial charge in [0, 0.05) is 0 Å². The molecule has 0 aliphatic heterocycles. The lowest BCUT2D eigenvalue weighted by molar-refractivity contribution is -0.137.